The lowest BCUT2D eigenvalue weighted by Gasteiger charge is -2.47. The summed E-state index contributed by atoms with van der Waals surface area (Å²) in [7, 11) is 0. The van der Waals surface area contributed by atoms with Crippen molar-refractivity contribution >= 4 is 5.97 Å². The molecule has 3 fully saturated rings. The SMILES string of the molecule is CC1CCC(C(=O)O)(C2CCOC3(CCOC3)C2)CC1. The van der Waals surface area contributed by atoms with Crippen molar-refractivity contribution in [2.75, 3.05) is 19.8 Å². The third kappa shape index (κ3) is 2.37. The van der Waals surface area contributed by atoms with Gasteiger partial charge in [0.05, 0.1) is 17.6 Å². The summed E-state index contributed by atoms with van der Waals surface area (Å²) in [6.45, 7) is 4.33. The zero-order chi connectivity index (χ0) is 14.2. The maximum atomic E-state index is 12.0. The molecule has 0 aromatic rings. The normalized spacial score (nSPS) is 45.6. The molecular weight excluding hydrogens is 256 g/mol. The number of carboxylic acid groups (broad SMARTS) is 1. The third-order valence-corrected chi connectivity index (χ3v) is 5.93. The van der Waals surface area contributed by atoms with Crippen molar-refractivity contribution in [3.63, 3.8) is 0 Å². The molecule has 3 rings (SSSR count). The Morgan fingerprint density at radius 2 is 1.90 bits per heavy atom. The second-order valence-electron chi connectivity index (χ2n) is 7.17. The minimum absolute atomic E-state index is 0.186. The maximum absolute atomic E-state index is 12.0. The molecule has 0 aromatic carbocycles. The molecule has 114 valence electrons. The largest absolute Gasteiger partial charge is 0.481 e. The molecule has 4 heteroatoms. The first kappa shape index (κ1) is 14.3. The summed E-state index contributed by atoms with van der Waals surface area (Å²) in [5.41, 5.74) is -0.694. The monoisotopic (exact) mass is 282 g/mol. The van der Waals surface area contributed by atoms with Crippen LogP contribution >= 0.6 is 0 Å². The highest BCUT2D eigenvalue weighted by atomic mass is 16.6. The van der Waals surface area contributed by atoms with Crippen LogP contribution in [0.5, 0.6) is 0 Å². The molecule has 1 saturated carbocycles. The summed E-state index contributed by atoms with van der Waals surface area (Å²) < 4.78 is 11.5. The number of aliphatic carboxylic acids is 1. The summed E-state index contributed by atoms with van der Waals surface area (Å²) in [5, 5.41) is 9.89. The van der Waals surface area contributed by atoms with Gasteiger partial charge >= 0.3 is 5.97 Å². The molecule has 1 aliphatic carbocycles. The molecule has 2 atom stereocenters. The Labute approximate surface area is 120 Å². The zero-order valence-corrected chi connectivity index (χ0v) is 12.4. The summed E-state index contributed by atoms with van der Waals surface area (Å²) in [4.78, 5) is 12.0. The standard InChI is InChI=1S/C16H26O4/c1-12-2-5-16(6-3-12,14(17)18)13-4-8-20-15(10-13)7-9-19-11-15/h12-13H,2-11H2,1H3,(H,17,18). The van der Waals surface area contributed by atoms with E-state index in [1.165, 1.54) is 0 Å². The van der Waals surface area contributed by atoms with Gasteiger partial charge in [0.15, 0.2) is 0 Å². The van der Waals surface area contributed by atoms with E-state index in [4.69, 9.17) is 9.47 Å². The molecular formula is C16H26O4. The van der Waals surface area contributed by atoms with Gasteiger partial charge in [0.25, 0.3) is 0 Å². The first-order valence-electron chi connectivity index (χ1n) is 8.01. The number of carboxylic acids is 1. The Bertz CT molecular complexity index is 365. The number of carbonyl (C=O) groups is 1. The average molecular weight is 282 g/mol. The van der Waals surface area contributed by atoms with Crippen molar-refractivity contribution in [3.05, 3.63) is 0 Å². The van der Waals surface area contributed by atoms with E-state index in [9.17, 15) is 9.90 Å². The van der Waals surface area contributed by atoms with E-state index >= 15 is 0 Å². The molecule has 20 heavy (non-hydrogen) atoms. The average Bonchev–Trinajstić information content (AvgIpc) is 2.87. The molecule has 4 nitrogen and oxygen atoms in total. The molecule has 1 N–H and O–H groups in total. The molecule has 0 aromatic heterocycles. The smallest absolute Gasteiger partial charge is 0.309 e. The lowest BCUT2D eigenvalue weighted by atomic mass is 9.60. The Morgan fingerprint density at radius 3 is 2.50 bits per heavy atom. The maximum Gasteiger partial charge on any atom is 0.309 e. The lowest BCUT2D eigenvalue weighted by molar-refractivity contribution is -0.168. The fourth-order valence-electron chi connectivity index (χ4n) is 4.44. The summed E-state index contributed by atoms with van der Waals surface area (Å²) in [6, 6.07) is 0. The fourth-order valence-corrected chi connectivity index (χ4v) is 4.44. The Kier molecular flexibility index (Phi) is 3.80. The van der Waals surface area contributed by atoms with Crippen molar-refractivity contribution in [1.82, 2.24) is 0 Å². The van der Waals surface area contributed by atoms with Crippen LogP contribution in [0.4, 0.5) is 0 Å². The summed E-state index contributed by atoms with van der Waals surface area (Å²) >= 11 is 0. The Balaban J connectivity index is 1.79. The minimum Gasteiger partial charge on any atom is -0.481 e. The third-order valence-electron chi connectivity index (χ3n) is 5.93. The molecule has 2 unspecified atom stereocenters. The first-order valence-corrected chi connectivity index (χ1v) is 8.01. The van der Waals surface area contributed by atoms with Gasteiger partial charge in [-0.05, 0) is 50.4 Å². The van der Waals surface area contributed by atoms with E-state index in [1.807, 2.05) is 0 Å². The first-order chi connectivity index (χ1) is 9.56. The highest BCUT2D eigenvalue weighted by Crippen LogP contribution is 2.51. The van der Waals surface area contributed by atoms with E-state index in [-0.39, 0.29) is 11.5 Å². The van der Waals surface area contributed by atoms with Crippen LogP contribution in [0.3, 0.4) is 0 Å². The highest BCUT2D eigenvalue weighted by molar-refractivity contribution is 5.75. The number of rotatable bonds is 2. The van der Waals surface area contributed by atoms with Crippen LogP contribution in [0.25, 0.3) is 0 Å². The van der Waals surface area contributed by atoms with Crippen LogP contribution in [-0.2, 0) is 14.3 Å². The van der Waals surface area contributed by atoms with E-state index < -0.39 is 11.4 Å². The van der Waals surface area contributed by atoms with Crippen molar-refractivity contribution in [2.45, 2.75) is 57.5 Å². The van der Waals surface area contributed by atoms with Crippen LogP contribution in [0.1, 0.15) is 51.9 Å². The van der Waals surface area contributed by atoms with Crippen LogP contribution in [-0.4, -0.2) is 36.5 Å². The van der Waals surface area contributed by atoms with Gasteiger partial charge in [-0.15, -0.1) is 0 Å². The predicted molar refractivity (Wildman–Crippen MR) is 74.5 cm³/mol. The Hall–Kier alpha value is -0.610. The molecule has 3 aliphatic rings. The summed E-state index contributed by atoms with van der Waals surface area (Å²) in [6.07, 6.45) is 6.46. The van der Waals surface area contributed by atoms with Gasteiger partial charge in [-0.3, -0.25) is 4.79 Å². The van der Waals surface area contributed by atoms with Crippen molar-refractivity contribution < 1.29 is 19.4 Å². The molecule has 2 heterocycles. The Morgan fingerprint density at radius 1 is 1.15 bits per heavy atom. The van der Waals surface area contributed by atoms with Crippen LogP contribution in [0, 0.1) is 17.3 Å². The molecule has 0 bridgehead atoms. The van der Waals surface area contributed by atoms with E-state index in [0.29, 0.717) is 19.1 Å². The van der Waals surface area contributed by atoms with Crippen molar-refractivity contribution in [3.8, 4) is 0 Å². The predicted octanol–water partition coefficient (Wildman–Crippen LogP) is 2.85. The van der Waals surface area contributed by atoms with Gasteiger partial charge in [-0.2, -0.15) is 0 Å². The van der Waals surface area contributed by atoms with Crippen molar-refractivity contribution in [2.24, 2.45) is 17.3 Å². The second kappa shape index (κ2) is 5.30. The van der Waals surface area contributed by atoms with Crippen molar-refractivity contribution in [1.29, 1.82) is 0 Å². The van der Waals surface area contributed by atoms with Gasteiger partial charge in [0.1, 0.15) is 0 Å². The van der Waals surface area contributed by atoms with E-state index in [2.05, 4.69) is 6.92 Å². The number of ether oxygens (including phenoxy) is 2. The van der Waals surface area contributed by atoms with E-state index in [1.54, 1.807) is 0 Å². The fraction of sp³-hybridized carbons (Fsp3) is 0.938. The lowest BCUT2D eigenvalue weighted by Crippen LogP contribution is -2.50. The van der Waals surface area contributed by atoms with Gasteiger partial charge in [0, 0.05) is 19.6 Å². The van der Waals surface area contributed by atoms with Gasteiger partial charge in [0.2, 0.25) is 0 Å². The topological polar surface area (TPSA) is 55.8 Å². The van der Waals surface area contributed by atoms with Crippen LogP contribution < -0.4 is 0 Å². The summed E-state index contributed by atoms with van der Waals surface area (Å²) in [5.74, 6) is 0.347. The highest BCUT2D eigenvalue weighted by Gasteiger charge is 2.52. The van der Waals surface area contributed by atoms with Gasteiger partial charge in [-0.1, -0.05) is 6.92 Å². The van der Waals surface area contributed by atoms with Gasteiger partial charge in [-0.25, -0.2) is 0 Å². The molecule has 2 saturated heterocycles. The zero-order valence-electron chi connectivity index (χ0n) is 12.4. The van der Waals surface area contributed by atoms with Crippen LogP contribution in [0.15, 0.2) is 0 Å². The van der Waals surface area contributed by atoms with Crippen LogP contribution in [0.2, 0.25) is 0 Å². The molecule has 1 spiro atoms. The molecule has 0 radical (unpaired) electrons. The second-order valence-corrected chi connectivity index (χ2v) is 7.17. The minimum atomic E-state index is -0.578. The molecule has 2 aliphatic heterocycles. The van der Waals surface area contributed by atoms with E-state index in [0.717, 1.165) is 51.6 Å². The number of hydrogen-bond donors (Lipinski definition) is 1. The number of hydrogen-bond acceptors (Lipinski definition) is 3. The molecule has 0 amide bonds. The van der Waals surface area contributed by atoms with Gasteiger partial charge < -0.3 is 14.6 Å². The quantitative estimate of drug-likeness (QED) is 0.846.